The predicted octanol–water partition coefficient (Wildman–Crippen LogP) is 3.04. The Morgan fingerprint density at radius 3 is 2.39 bits per heavy atom. The highest BCUT2D eigenvalue weighted by atomic mass is 35.5. The molecule has 1 aromatic rings. The summed E-state index contributed by atoms with van der Waals surface area (Å²) in [5, 5.41) is 8.59. The predicted molar refractivity (Wildman–Crippen MR) is 61.9 cm³/mol. The van der Waals surface area contributed by atoms with Gasteiger partial charge in [-0.3, -0.25) is 0 Å². The lowest BCUT2D eigenvalue weighted by Gasteiger charge is -2.14. The fourth-order valence-corrected chi connectivity index (χ4v) is 1.47. The number of alkyl halides is 3. The first-order chi connectivity index (χ1) is 7.86. The van der Waals surface area contributed by atoms with Gasteiger partial charge in [0, 0.05) is 12.6 Å². The van der Waals surface area contributed by atoms with Gasteiger partial charge in [0.05, 0.1) is 5.56 Å². The van der Waals surface area contributed by atoms with Crippen LogP contribution in [0.4, 0.5) is 17.6 Å². The van der Waals surface area contributed by atoms with Gasteiger partial charge < -0.3 is 10.8 Å². The summed E-state index contributed by atoms with van der Waals surface area (Å²) >= 11 is 0. The molecule has 3 N–H and O–H groups in total. The lowest BCUT2D eigenvalue weighted by Crippen LogP contribution is -2.14. The van der Waals surface area contributed by atoms with Crippen molar-refractivity contribution in [2.45, 2.75) is 25.1 Å². The standard InChI is InChI=1S/C11H13F4NO.ClH/c12-9-4-3-7(10(16)2-1-5-17)6-8(9)11(13,14)15;/h3-4,6,10,17H,1-2,5,16H2;1H/t10-;/m1./s1. The molecule has 1 aromatic carbocycles. The zero-order chi connectivity index (χ0) is 13.1. The van der Waals surface area contributed by atoms with Gasteiger partial charge in [-0.15, -0.1) is 12.4 Å². The van der Waals surface area contributed by atoms with Gasteiger partial charge in [-0.05, 0) is 30.5 Å². The van der Waals surface area contributed by atoms with Crippen LogP contribution < -0.4 is 5.73 Å². The van der Waals surface area contributed by atoms with Crippen LogP contribution >= 0.6 is 12.4 Å². The molecule has 0 aliphatic carbocycles. The zero-order valence-corrected chi connectivity index (χ0v) is 10.2. The molecule has 0 aliphatic rings. The first kappa shape index (κ1) is 17.2. The van der Waals surface area contributed by atoms with Gasteiger partial charge in [-0.1, -0.05) is 6.07 Å². The molecule has 0 bridgehead atoms. The maximum Gasteiger partial charge on any atom is 0.419 e. The van der Waals surface area contributed by atoms with Gasteiger partial charge in [0.15, 0.2) is 0 Å². The summed E-state index contributed by atoms with van der Waals surface area (Å²) in [6.45, 7) is -0.0823. The lowest BCUT2D eigenvalue weighted by atomic mass is 10.0. The van der Waals surface area contributed by atoms with E-state index in [1.807, 2.05) is 0 Å². The molecule has 18 heavy (non-hydrogen) atoms. The number of aliphatic hydroxyl groups is 1. The van der Waals surface area contributed by atoms with Crippen LogP contribution in [0, 0.1) is 5.82 Å². The Hall–Kier alpha value is -0.850. The smallest absolute Gasteiger partial charge is 0.396 e. The molecule has 0 aliphatic heterocycles. The van der Waals surface area contributed by atoms with E-state index in [0.717, 1.165) is 12.1 Å². The normalized spacial score (nSPS) is 13.0. The van der Waals surface area contributed by atoms with Crippen molar-refractivity contribution in [2.75, 3.05) is 6.61 Å². The van der Waals surface area contributed by atoms with Gasteiger partial charge in [0.25, 0.3) is 0 Å². The molecule has 0 unspecified atom stereocenters. The van der Waals surface area contributed by atoms with E-state index in [2.05, 4.69) is 0 Å². The van der Waals surface area contributed by atoms with E-state index in [1.165, 1.54) is 6.07 Å². The second kappa shape index (κ2) is 6.92. The summed E-state index contributed by atoms with van der Waals surface area (Å²) in [7, 11) is 0. The number of hydrogen-bond donors (Lipinski definition) is 2. The van der Waals surface area contributed by atoms with E-state index in [9.17, 15) is 17.6 Å². The molecular weight excluding hydrogens is 274 g/mol. The van der Waals surface area contributed by atoms with Crippen molar-refractivity contribution in [3.05, 3.63) is 35.1 Å². The third kappa shape index (κ3) is 4.44. The molecule has 0 heterocycles. The highest BCUT2D eigenvalue weighted by Gasteiger charge is 2.34. The molecule has 1 atom stereocenters. The van der Waals surface area contributed by atoms with Crippen LogP contribution in [0.25, 0.3) is 0 Å². The minimum absolute atomic E-state index is 0. The number of aliphatic hydroxyl groups excluding tert-OH is 1. The van der Waals surface area contributed by atoms with E-state index in [4.69, 9.17) is 10.8 Å². The van der Waals surface area contributed by atoms with E-state index in [1.54, 1.807) is 0 Å². The largest absolute Gasteiger partial charge is 0.419 e. The monoisotopic (exact) mass is 287 g/mol. The molecule has 0 fully saturated rings. The molecular formula is C11H14ClF4NO. The maximum absolute atomic E-state index is 13.0. The van der Waals surface area contributed by atoms with Crippen LogP contribution in [-0.4, -0.2) is 11.7 Å². The maximum atomic E-state index is 13.0. The Kier molecular flexibility index (Phi) is 6.59. The third-order valence-electron chi connectivity index (χ3n) is 2.40. The minimum atomic E-state index is -4.73. The van der Waals surface area contributed by atoms with Gasteiger partial charge in [0.1, 0.15) is 5.82 Å². The molecule has 104 valence electrons. The first-order valence-electron chi connectivity index (χ1n) is 5.09. The molecule has 0 saturated carbocycles. The lowest BCUT2D eigenvalue weighted by molar-refractivity contribution is -0.140. The van der Waals surface area contributed by atoms with Crippen molar-refractivity contribution in [2.24, 2.45) is 5.73 Å². The minimum Gasteiger partial charge on any atom is -0.396 e. The SMILES string of the molecule is Cl.N[C@H](CCCO)c1ccc(F)c(C(F)(F)F)c1. The van der Waals surface area contributed by atoms with Crippen molar-refractivity contribution in [1.29, 1.82) is 0 Å². The quantitative estimate of drug-likeness (QED) is 0.836. The van der Waals surface area contributed by atoms with E-state index in [-0.39, 0.29) is 24.6 Å². The number of rotatable bonds is 4. The van der Waals surface area contributed by atoms with Crippen molar-refractivity contribution in [3.8, 4) is 0 Å². The van der Waals surface area contributed by atoms with E-state index in [0.29, 0.717) is 12.8 Å². The van der Waals surface area contributed by atoms with Crippen LogP contribution in [-0.2, 0) is 6.18 Å². The summed E-state index contributed by atoms with van der Waals surface area (Å²) < 4.78 is 50.3. The number of benzene rings is 1. The van der Waals surface area contributed by atoms with Crippen LogP contribution in [0.2, 0.25) is 0 Å². The molecule has 0 spiro atoms. The number of nitrogens with two attached hydrogens (primary N) is 1. The van der Waals surface area contributed by atoms with Crippen LogP contribution in [0.1, 0.15) is 30.0 Å². The Labute approximate surface area is 108 Å². The summed E-state index contributed by atoms with van der Waals surface area (Å²) in [4.78, 5) is 0. The Morgan fingerprint density at radius 1 is 1.28 bits per heavy atom. The third-order valence-corrected chi connectivity index (χ3v) is 2.40. The van der Waals surface area contributed by atoms with Gasteiger partial charge >= 0.3 is 6.18 Å². The van der Waals surface area contributed by atoms with Crippen molar-refractivity contribution < 1.29 is 22.7 Å². The van der Waals surface area contributed by atoms with Gasteiger partial charge in [-0.2, -0.15) is 13.2 Å². The Bertz CT molecular complexity index is 384. The summed E-state index contributed by atoms with van der Waals surface area (Å²) in [5.41, 5.74) is 4.55. The average Bonchev–Trinajstić information content (AvgIpc) is 2.25. The van der Waals surface area contributed by atoms with Crippen LogP contribution in [0.5, 0.6) is 0 Å². The summed E-state index contributed by atoms with van der Waals surface area (Å²) in [5.74, 6) is -1.31. The van der Waals surface area contributed by atoms with E-state index >= 15 is 0 Å². The van der Waals surface area contributed by atoms with Crippen LogP contribution in [0.15, 0.2) is 18.2 Å². The molecule has 0 radical (unpaired) electrons. The van der Waals surface area contributed by atoms with E-state index < -0.39 is 23.6 Å². The topological polar surface area (TPSA) is 46.2 Å². The number of hydrogen-bond acceptors (Lipinski definition) is 2. The first-order valence-corrected chi connectivity index (χ1v) is 5.09. The highest BCUT2D eigenvalue weighted by Crippen LogP contribution is 2.33. The summed E-state index contributed by atoms with van der Waals surface area (Å²) in [6, 6.07) is 2.07. The summed E-state index contributed by atoms with van der Waals surface area (Å²) in [6.07, 6.45) is -3.99. The second-order valence-corrected chi connectivity index (χ2v) is 3.71. The molecule has 2 nitrogen and oxygen atoms in total. The molecule has 0 aromatic heterocycles. The van der Waals surface area contributed by atoms with Crippen molar-refractivity contribution in [3.63, 3.8) is 0 Å². The second-order valence-electron chi connectivity index (χ2n) is 3.71. The molecule has 0 saturated heterocycles. The van der Waals surface area contributed by atoms with Gasteiger partial charge in [0.2, 0.25) is 0 Å². The van der Waals surface area contributed by atoms with Crippen molar-refractivity contribution in [1.82, 2.24) is 0 Å². The fraction of sp³-hybridized carbons (Fsp3) is 0.455. The highest BCUT2D eigenvalue weighted by molar-refractivity contribution is 5.85. The van der Waals surface area contributed by atoms with Crippen molar-refractivity contribution >= 4 is 12.4 Å². The Balaban J connectivity index is 0.00000289. The fourth-order valence-electron chi connectivity index (χ4n) is 1.47. The number of halogens is 5. The molecule has 7 heteroatoms. The zero-order valence-electron chi connectivity index (χ0n) is 9.38. The molecule has 1 rings (SSSR count). The molecule has 0 amide bonds. The van der Waals surface area contributed by atoms with Gasteiger partial charge in [-0.25, -0.2) is 4.39 Å². The van der Waals surface area contributed by atoms with Crippen LogP contribution in [0.3, 0.4) is 0 Å². The Morgan fingerprint density at radius 2 is 1.89 bits per heavy atom. The average molecular weight is 288 g/mol.